The Morgan fingerprint density at radius 3 is 1.39 bits per heavy atom. The fraction of sp³-hybridized carbons (Fsp3) is 0.125. The second-order valence-electron chi connectivity index (χ2n) is 17.9. The molecule has 0 amide bonds. The van der Waals surface area contributed by atoms with Crippen LogP contribution in [0.25, 0.3) is 66.1 Å². The number of benzene rings is 10. The van der Waals surface area contributed by atoms with Crippen molar-refractivity contribution in [2.75, 3.05) is 23.4 Å². The lowest BCUT2D eigenvalue weighted by atomic mass is 9.91. The van der Waals surface area contributed by atoms with Gasteiger partial charge in [-0.2, -0.15) is 0 Å². The maximum atomic E-state index is 7.06. The Bertz CT molecular complexity index is 3360. The average molecular weight is 900 g/mol. The quantitative estimate of drug-likeness (QED) is 0.0542. The molecule has 340 valence electrons. The maximum absolute atomic E-state index is 7.06. The Balaban J connectivity index is 0.905. The zero-order chi connectivity index (χ0) is 46.9. The van der Waals surface area contributed by atoms with Crippen LogP contribution in [0.15, 0.2) is 218 Å². The van der Waals surface area contributed by atoms with Crippen LogP contribution in [0.5, 0.6) is 11.5 Å². The summed E-state index contributed by atoms with van der Waals surface area (Å²) in [7, 11) is 0. The van der Waals surface area contributed by atoms with Gasteiger partial charge in [-0.3, -0.25) is 0 Å². The van der Waals surface area contributed by atoms with Gasteiger partial charge in [0.25, 0.3) is 0 Å². The number of para-hydroxylation sites is 2. The van der Waals surface area contributed by atoms with Gasteiger partial charge in [0.1, 0.15) is 24.7 Å². The number of aryl methyl sites for hydroxylation is 2. The Hall–Kier alpha value is -8.12. The molecule has 5 heteroatoms. The summed E-state index contributed by atoms with van der Waals surface area (Å²) in [5.41, 5.74) is 15.2. The predicted molar refractivity (Wildman–Crippen MR) is 290 cm³/mol. The number of anilines is 2. The van der Waals surface area contributed by atoms with Crippen LogP contribution < -0.4 is 25.6 Å². The third-order valence-corrected chi connectivity index (χ3v) is 12.9. The number of nitrogens with one attached hydrogen (secondary N) is 1. The van der Waals surface area contributed by atoms with E-state index in [9.17, 15) is 0 Å². The molecule has 0 saturated carbocycles. The molecular weight excluding hydrogens is 843 g/mol. The van der Waals surface area contributed by atoms with E-state index >= 15 is 0 Å². The van der Waals surface area contributed by atoms with Gasteiger partial charge in [-0.05, 0) is 118 Å². The monoisotopic (exact) mass is 899 g/mol. The Morgan fingerprint density at radius 1 is 0.406 bits per heavy atom. The molecular formula is C64H57N3O2. The number of hydrogen-bond acceptors (Lipinski definition) is 5. The topological polar surface area (TPSA) is 59.8 Å². The van der Waals surface area contributed by atoms with E-state index in [0.29, 0.717) is 19.8 Å². The van der Waals surface area contributed by atoms with Gasteiger partial charge in [0.2, 0.25) is 0 Å². The van der Waals surface area contributed by atoms with Gasteiger partial charge in [0.05, 0.1) is 5.69 Å². The molecule has 0 atom stereocenters. The Morgan fingerprint density at radius 2 is 0.826 bits per heavy atom. The van der Waals surface area contributed by atoms with E-state index in [1.807, 2.05) is 17.1 Å². The van der Waals surface area contributed by atoms with Crippen LogP contribution in [-0.2, 0) is 13.2 Å². The fourth-order valence-corrected chi connectivity index (χ4v) is 9.61. The number of fused-ring (bicyclic) bond motifs is 2. The van der Waals surface area contributed by atoms with Crippen molar-refractivity contribution < 1.29 is 9.47 Å². The van der Waals surface area contributed by atoms with Crippen molar-refractivity contribution in [2.24, 2.45) is 5.84 Å². The Labute approximate surface area is 406 Å². The van der Waals surface area contributed by atoms with Gasteiger partial charge in [-0.1, -0.05) is 182 Å². The van der Waals surface area contributed by atoms with Crippen molar-refractivity contribution in [3.05, 3.63) is 241 Å². The first-order valence-corrected chi connectivity index (χ1v) is 24.0. The number of hydrogen-bond donors (Lipinski definition) is 2. The second kappa shape index (κ2) is 20.8. The van der Waals surface area contributed by atoms with Crippen LogP contribution in [-0.4, -0.2) is 13.1 Å². The lowest BCUT2D eigenvalue weighted by Crippen LogP contribution is -2.32. The van der Waals surface area contributed by atoms with Crippen molar-refractivity contribution in [3.63, 3.8) is 0 Å². The maximum Gasteiger partial charge on any atom is 0.135 e. The van der Waals surface area contributed by atoms with Crippen LogP contribution >= 0.6 is 0 Å². The molecule has 0 radical (unpaired) electrons. The minimum atomic E-state index is 0.441. The smallest absolute Gasteiger partial charge is 0.135 e. The molecule has 0 saturated heterocycles. The first-order chi connectivity index (χ1) is 34.0. The molecule has 0 aliphatic carbocycles. The van der Waals surface area contributed by atoms with Crippen LogP contribution in [0.3, 0.4) is 0 Å². The van der Waals surface area contributed by atoms with Gasteiger partial charge in [0.15, 0.2) is 0 Å². The summed E-state index contributed by atoms with van der Waals surface area (Å²) in [5, 5.41) is 10.5. The average Bonchev–Trinajstić information content (AvgIpc) is 3.40. The number of hydrazine groups is 1. The molecule has 10 aromatic carbocycles. The summed E-state index contributed by atoms with van der Waals surface area (Å²) >= 11 is 0. The molecule has 0 fully saturated rings. The highest BCUT2D eigenvalue weighted by molar-refractivity contribution is 6.02. The van der Waals surface area contributed by atoms with E-state index < -0.39 is 0 Å². The predicted octanol–water partition coefficient (Wildman–Crippen LogP) is 16.0. The standard InChI is InChI=1S/C64H57N3O2/c1-45-39-57(53-33-19-27-49-25-9-11-29-51(49)53)63(68-43-47-21-5-3-6-22-47)59(41-45)55-31-13-15-35-61(55)66-37-17-18-38-67(65)62-36-16-14-32-56(62)60-42-46(2)40-58(64(60)69-44-48-23-7-4-8-24-48)54-34-20-28-50-26-10-12-30-52(50)54/h3-16,19-36,39-42,66H,17-18,37-38,43-44,65H2,1-2H3. The van der Waals surface area contributed by atoms with E-state index in [-0.39, 0.29) is 0 Å². The first-order valence-electron chi connectivity index (χ1n) is 24.0. The zero-order valence-electron chi connectivity index (χ0n) is 39.4. The summed E-state index contributed by atoms with van der Waals surface area (Å²) in [6.07, 6.45) is 1.80. The van der Waals surface area contributed by atoms with Crippen molar-refractivity contribution >= 4 is 32.9 Å². The molecule has 10 rings (SSSR count). The number of nitrogens with zero attached hydrogens (tertiary/aromatic N) is 1. The minimum Gasteiger partial charge on any atom is -0.488 e. The third kappa shape index (κ3) is 9.97. The molecule has 5 nitrogen and oxygen atoms in total. The fourth-order valence-electron chi connectivity index (χ4n) is 9.61. The van der Waals surface area contributed by atoms with Gasteiger partial charge < -0.3 is 19.8 Å². The minimum absolute atomic E-state index is 0.441. The van der Waals surface area contributed by atoms with Crippen LogP contribution in [0.1, 0.15) is 35.1 Å². The Kier molecular flexibility index (Phi) is 13.5. The van der Waals surface area contributed by atoms with Gasteiger partial charge in [-0.25, -0.2) is 5.84 Å². The molecule has 0 heterocycles. The molecule has 69 heavy (non-hydrogen) atoms. The van der Waals surface area contributed by atoms with Crippen molar-refractivity contribution in [1.29, 1.82) is 0 Å². The SMILES string of the molecule is Cc1cc(-c2ccccc2NCCCCN(N)c2ccccc2-c2cc(C)cc(-c3cccc4ccccc34)c2OCc2ccccc2)c(OCc2ccccc2)c(-c2cccc3ccccc23)c1. The first kappa shape index (κ1) is 44.7. The number of ether oxygens (including phenoxy) is 2. The van der Waals surface area contributed by atoms with Crippen LogP contribution in [0.4, 0.5) is 11.4 Å². The van der Waals surface area contributed by atoms with Crippen molar-refractivity contribution in [3.8, 4) is 56.0 Å². The van der Waals surface area contributed by atoms with Gasteiger partial charge in [-0.15, -0.1) is 0 Å². The third-order valence-electron chi connectivity index (χ3n) is 12.9. The second-order valence-corrected chi connectivity index (χ2v) is 17.9. The van der Waals surface area contributed by atoms with Gasteiger partial charge >= 0.3 is 0 Å². The zero-order valence-corrected chi connectivity index (χ0v) is 39.4. The highest BCUT2D eigenvalue weighted by Gasteiger charge is 2.22. The normalized spacial score (nSPS) is 11.2. The van der Waals surface area contributed by atoms with E-state index in [1.54, 1.807) is 0 Å². The lowest BCUT2D eigenvalue weighted by molar-refractivity contribution is 0.309. The van der Waals surface area contributed by atoms with Gasteiger partial charge in [0, 0.05) is 52.2 Å². The molecule has 10 aromatic rings. The summed E-state index contributed by atoms with van der Waals surface area (Å²) < 4.78 is 13.8. The summed E-state index contributed by atoms with van der Waals surface area (Å²) in [6, 6.07) is 77.0. The van der Waals surface area contributed by atoms with E-state index in [0.717, 1.165) is 103 Å². The highest BCUT2D eigenvalue weighted by atomic mass is 16.5. The molecule has 3 N–H and O–H groups in total. The van der Waals surface area contributed by atoms with E-state index in [2.05, 4.69) is 225 Å². The summed E-state index contributed by atoms with van der Waals surface area (Å²) in [5.74, 6) is 8.78. The van der Waals surface area contributed by atoms with Crippen molar-refractivity contribution in [1.82, 2.24) is 0 Å². The largest absolute Gasteiger partial charge is 0.488 e. The molecule has 0 aliphatic rings. The van der Waals surface area contributed by atoms with Crippen LogP contribution in [0.2, 0.25) is 0 Å². The number of rotatable bonds is 17. The number of unbranched alkanes of at least 4 members (excludes halogenated alkanes) is 1. The molecule has 0 aromatic heterocycles. The van der Waals surface area contributed by atoms with Crippen LogP contribution in [0, 0.1) is 13.8 Å². The number of nitrogens with two attached hydrogens (primary N) is 1. The highest BCUT2D eigenvalue weighted by Crippen LogP contribution is 2.47. The molecule has 0 aliphatic heterocycles. The summed E-state index contributed by atoms with van der Waals surface area (Å²) in [6.45, 7) is 6.68. The molecule has 0 spiro atoms. The summed E-state index contributed by atoms with van der Waals surface area (Å²) in [4.78, 5) is 0. The van der Waals surface area contributed by atoms with Crippen molar-refractivity contribution in [2.45, 2.75) is 39.9 Å². The van der Waals surface area contributed by atoms with E-state index in [1.165, 1.54) is 27.1 Å². The lowest BCUT2D eigenvalue weighted by Gasteiger charge is -2.25. The molecule has 0 bridgehead atoms. The molecule has 0 unspecified atom stereocenters. The van der Waals surface area contributed by atoms with E-state index in [4.69, 9.17) is 15.3 Å².